The van der Waals surface area contributed by atoms with Crippen molar-refractivity contribution in [2.75, 3.05) is 112 Å². The van der Waals surface area contributed by atoms with E-state index in [2.05, 4.69) is 38.3 Å². The normalized spacial score (nSPS) is 13.2. The lowest BCUT2D eigenvalue weighted by molar-refractivity contribution is -0.161. The number of nitrogens with zero attached hydrogens (tertiary/aromatic N) is 3. The fourth-order valence-electron chi connectivity index (χ4n) is 12.5. The van der Waals surface area contributed by atoms with Gasteiger partial charge >= 0.3 is 57.4 Å². The Kier molecular flexibility index (Phi) is 71.0. The molecule has 4 atom stereocenters. The van der Waals surface area contributed by atoms with Gasteiger partial charge in [0.15, 0.2) is 12.2 Å². The summed E-state index contributed by atoms with van der Waals surface area (Å²) >= 11 is 0. The molecule has 0 bridgehead atoms. The Morgan fingerprint density at radius 1 is 0.297 bits per heavy atom. The topological polar surface area (TPSA) is 397 Å². The van der Waals surface area contributed by atoms with E-state index in [9.17, 15) is 77.4 Å². The summed E-state index contributed by atoms with van der Waals surface area (Å²) in [5, 5.41) is 33.8. The first-order valence-corrected chi connectivity index (χ1v) is 45.7. The lowest BCUT2D eigenvalue weighted by Crippen LogP contribution is -2.48. The van der Waals surface area contributed by atoms with Gasteiger partial charge in [0, 0.05) is 65.0 Å². The summed E-state index contributed by atoms with van der Waals surface area (Å²) in [7, 11) is -9.78. The number of hydrogen-bond acceptors (Lipinski definition) is 22. The second kappa shape index (κ2) is 74.2. The van der Waals surface area contributed by atoms with Crippen molar-refractivity contribution >= 4 is 69.2 Å². The number of rotatable bonds is 84. The number of aliphatic carboxylic acids is 3. The number of nitrogens with one attached hydrogen (secondary N) is 2. The fourth-order valence-corrected chi connectivity index (χ4v) is 14.0. The molecule has 2 unspecified atom stereocenters. The Morgan fingerprint density at radius 3 is 0.784 bits per heavy atom. The number of carbonyl (C=O) groups is 9. The molecule has 7 N–H and O–H groups in total. The van der Waals surface area contributed by atoms with Gasteiger partial charge in [-0.15, -0.1) is 0 Å². The predicted octanol–water partition coefficient (Wildman–Crippen LogP) is 15.4. The molecular weight excluding hydrogens is 1480 g/mol. The van der Waals surface area contributed by atoms with E-state index in [1.165, 1.54) is 164 Å². The van der Waals surface area contributed by atoms with Crippen LogP contribution in [0.4, 0.5) is 0 Å². The molecule has 0 aliphatic carbocycles. The van der Waals surface area contributed by atoms with Crippen LogP contribution in [-0.4, -0.2) is 217 Å². The van der Waals surface area contributed by atoms with Gasteiger partial charge in [-0.1, -0.05) is 285 Å². The minimum Gasteiger partial charge on any atom is -0.480 e. The van der Waals surface area contributed by atoms with Crippen molar-refractivity contribution in [3.8, 4) is 0 Å². The summed E-state index contributed by atoms with van der Waals surface area (Å²) in [5.74, 6) is -7.69. The van der Waals surface area contributed by atoms with Crippen LogP contribution in [0.1, 0.15) is 336 Å². The zero-order valence-electron chi connectivity index (χ0n) is 68.8. The van der Waals surface area contributed by atoms with Crippen molar-refractivity contribution in [2.45, 2.75) is 348 Å². The van der Waals surface area contributed by atoms with Crippen LogP contribution in [0.15, 0.2) is 0 Å². The first-order chi connectivity index (χ1) is 53.4. The second-order valence-corrected chi connectivity index (χ2v) is 32.4. The Hall–Kier alpha value is -4.67. The Bertz CT molecular complexity index is 2470. The monoisotopic (exact) mass is 1630 g/mol. The molecule has 0 aliphatic heterocycles. The van der Waals surface area contributed by atoms with E-state index in [4.69, 9.17) is 37.0 Å². The van der Waals surface area contributed by atoms with E-state index < -0.39 is 154 Å². The minimum absolute atomic E-state index is 0.0771. The zero-order valence-corrected chi connectivity index (χ0v) is 70.6. The van der Waals surface area contributed by atoms with Crippen molar-refractivity contribution < 1.29 is 114 Å². The van der Waals surface area contributed by atoms with Crippen LogP contribution in [0.2, 0.25) is 0 Å². The van der Waals surface area contributed by atoms with Gasteiger partial charge in [0.05, 0.1) is 59.2 Å². The third-order valence-corrected chi connectivity index (χ3v) is 20.8. The molecular formula is C80H151N5O24P2. The molecule has 31 heteroatoms. The summed E-state index contributed by atoms with van der Waals surface area (Å²) in [5.41, 5.74) is 0. The Morgan fingerprint density at radius 2 is 0.523 bits per heavy atom. The third kappa shape index (κ3) is 73.9. The van der Waals surface area contributed by atoms with Gasteiger partial charge in [-0.05, 0) is 25.7 Å². The number of esters is 4. The van der Waals surface area contributed by atoms with Crippen LogP contribution in [0, 0.1) is 0 Å². The smallest absolute Gasteiger partial charge is 0.472 e. The lowest BCUT2D eigenvalue weighted by atomic mass is 10.1. The van der Waals surface area contributed by atoms with Crippen molar-refractivity contribution in [2.24, 2.45) is 0 Å². The molecule has 0 fully saturated rings. The summed E-state index contributed by atoms with van der Waals surface area (Å²) < 4.78 is 68.9. The van der Waals surface area contributed by atoms with Gasteiger partial charge in [0.2, 0.25) is 11.8 Å². The van der Waals surface area contributed by atoms with Crippen LogP contribution in [0.3, 0.4) is 0 Å². The molecule has 0 aliphatic rings. The highest BCUT2D eigenvalue weighted by Gasteiger charge is 2.29. The number of phosphoric acid groups is 2. The number of amides is 2. The maximum Gasteiger partial charge on any atom is 0.472 e. The summed E-state index contributed by atoms with van der Waals surface area (Å²) in [6, 6.07) is 0. The number of hydrogen-bond donors (Lipinski definition) is 7. The largest absolute Gasteiger partial charge is 0.480 e. The van der Waals surface area contributed by atoms with Crippen LogP contribution < -0.4 is 10.6 Å². The number of phosphoric ester groups is 2. The number of carboxylic acids is 3. The minimum atomic E-state index is -4.90. The van der Waals surface area contributed by atoms with E-state index in [0.29, 0.717) is 25.7 Å². The van der Waals surface area contributed by atoms with E-state index in [0.717, 1.165) is 108 Å². The maximum absolute atomic E-state index is 13.4. The van der Waals surface area contributed by atoms with Gasteiger partial charge in [-0.25, -0.2) is 9.13 Å². The quantitative estimate of drug-likeness (QED) is 0.0129. The molecule has 0 saturated carbocycles. The standard InChI is InChI=1S/C80H151N5O24P2/c1-5-9-13-17-21-25-29-33-37-41-45-49-77(94)102-66-70(108-79(96)51-47-43-39-35-31-27-23-19-15-11-7-3)68-106-110(98,99)104-59-53-81-72(86)61-83(56-58-85(64-75(90)91)65-76(92)93)55-57-84(63-74(88)89)62-73(87)82-54-60-105-111(100,101)107-69-71(109-80(97)52-48-44-40-36-32-28-24-20-16-12-8-4)67-103-78(95)50-46-42-38-34-30-26-22-18-14-10-6-2/h70-71H,5-69H2,1-4H3,(H,81,86)(H,82,87)(H,88,89)(H,90,91)(H,92,93)(H,98,99)(H,100,101)/t70-,71-/m1/s1. The molecule has 0 saturated heterocycles. The van der Waals surface area contributed by atoms with E-state index in [1.54, 1.807) is 0 Å². The highest BCUT2D eigenvalue weighted by molar-refractivity contribution is 7.47. The van der Waals surface area contributed by atoms with Gasteiger partial charge in [-0.3, -0.25) is 75.9 Å². The molecule has 111 heavy (non-hydrogen) atoms. The van der Waals surface area contributed by atoms with Crippen molar-refractivity contribution in [3.05, 3.63) is 0 Å². The van der Waals surface area contributed by atoms with Crippen molar-refractivity contribution in [3.63, 3.8) is 0 Å². The number of unbranched alkanes of at least 4 members (excludes halogenated alkanes) is 40. The molecule has 0 aromatic heterocycles. The number of carbonyl (C=O) groups excluding carboxylic acids is 6. The first-order valence-electron chi connectivity index (χ1n) is 42.7. The van der Waals surface area contributed by atoms with Gasteiger partial charge < -0.3 is 54.7 Å². The van der Waals surface area contributed by atoms with Crippen LogP contribution >= 0.6 is 15.6 Å². The van der Waals surface area contributed by atoms with Crippen LogP contribution in [-0.2, 0) is 89.3 Å². The molecule has 0 rings (SSSR count). The van der Waals surface area contributed by atoms with E-state index >= 15 is 0 Å². The molecule has 29 nitrogen and oxygen atoms in total. The van der Waals surface area contributed by atoms with Gasteiger partial charge in [0.25, 0.3) is 0 Å². The van der Waals surface area contributed by atoms with E-state index in [-0.39, 0.29) is 65.0 Å². The van der Waals surface area contributed by atoms with Crippen molar-refractivity contribution in [1.82, 2.24) is 25.3 Å². The summed E-state index contributed by atoms with van der Waals surface area (Å²) in [6.45, 7) is 0.893. The van der Waals surface area contributed by atoms with Crippen molar-refractivity contribution in [1.29, 1.82) is 0 Å². The first kappa shape index (κ1) is 106. The summed E-state index contributed by atoms with van der Waals surface area (Å²) in [6.07, 6.45) is 45.9. The van der Waals surface area contributed by atoms with E-state index in [1.807, 2.05) is 0 Å². The highest BCUT2D eigenvalue weighted by atomic mass is 31.2. The molecule has 0 spiro atoms. The average Bonchev–Trinajstić information content (AvgIpc) is 0.902. The molecule has 0 aromatic carbocycles. The second-order valence-electron chi connectivity index (χ2n) is 29.5. The number of carboxylic acid groups (broad SMARTS) is 3. The maximum atomic E-state index is 13.4. The van der Waals surface area contributed by atoms with Gasteiger partial charge in [0.1, 0.15) is 13.2 Å². The fraction of sp³-hybridized carbons (Fsp3) is 0.887. The third-order valence-electron chi connectivity index (χ3n) is 18.9. The predicted molar refractivity (Wildman–Crippen MR) is 428 cm³/mol. The molecule has 0 radical (unpaired) electrons. The zero-order chi connectivity index (χ0) is 82.1. The Labute approximate surface area is 665 Å². The highest BCUT2D eigenvalue weighted by Crippen LogP contribution is 2.44. The van der Waals surface area contributed by atoms with Crippen LogP contribution in [0.25, 0.3) is 0 Å². The lowest BCUT2D eigenvalue weighted by Gasteiger charge is -2.28. The SMILES string of the molecule is CCCCCCCCCCCCCC(=O)OC[C@H](COP(=O)(O)OCCNC(=O)CN(CCN(CC(=O)O)CC(=O)O)CCN(CC(=O)O)CC(=O)NCCOP(=O)(O)OC[C@@H](COC(=O)CCCCCCCCCCCCC)OC(=O)CCCCCCCCCCCCC)OC(=O)CCCCCCCCCCCCC. The molecule has 0 aromatic rings. The van der Waals surface area contributed by atoms with Gasteiger partial charge in [-0.2, -0.15) is 0 Å². The van der Waals surface area contributed by atoms with Crippen LogP contribution in [0.5, 0.6) is 0 Å². The molecule has 650 valence electrons. The Balaban J connectivity index is 5.76. The molecule has 2 amide bonds. The summed E-state index contributed by atoms with van der Waals surface area (Å²) in [4.78, 5) is 139. The molecule has 0 heterocycles. The number of ether oxygens (including phenoxy) is 4. The average molecular weight is 1630 g/mol.